The third kappa shape index (κ3) is 3.36. The lowest BCUT2D eigenvalue weighted by Crippen LogP contribution is -2.62. The number of nitrogens with zero attached hydrogens (tertiary/aromatic N) is 2. The summed E-state index contributed by atoms with van der Waals surface area (Å²) in [5.41, 5.74) is 0.855. The first-order chi connectivity index (χ1) is 12.8. The van der Waals surface area contributed by atoms with Crippen LogP contribution in [-0.2, 0) is 9.57 Å². The summed E-state index contributed by atoms with van der Waals surface area (Å²) in [5.74, 6) is 0. The zero-order valence-electron chi connectivity index (χ0n) is 17.0. The number of ether oxygens (including phenoxy) is 1. The van der Waals surface area contributed by atoms with Gasteiger partial charge in [-0.3, -0.25) is 9.74 Å². The van der Waals surface area contributed by atoms with Gasteiger partial charge in [-0.15, -0.1) is 0 Å². The Hall–Kier alpha value is -1.59. The van der Waals surface area contributed by atoms with Gasteiger partial charge in [-0.1, -0.05) is 18.2 Å². The normalized spacial score (nSPS) is 32.8. The van der Waals surface area contributed by atoms with Crippen LogP contribution in [0, 0.1) is 0 Å². The fourth-order valence-electron chi connectivity index (χ4n) is 5.25. The molecule has 3 aliphatic rings. The fraction of sp³-hybridized carbons (Fsp3) is 0.682. The lowest BCUT2D eigenvalue weighted by atomic mass is 9.82. The molecule has 0 radical (unpaired) electrons. The highest BCUT2D eigenvalue weighted by Crippen LogP contribution is 2.42. The van der Waals surface area contributed by atoms with Gasteiger partial charge >= 0.3 is 6.09 Å². The van der Waals surface area contributed by atoms with Gasteiger partial charge in [0.2, 0.25) is 0 Å². The number of hydrogen-bond acceptors (Lipinski definition) is 4. The molecule has 0 spiro atoms. The van der Waals surface area contributed by atoms with Crippen molar-refractivity contribution in [3.05, 3.63) is 30.3 Å². The van der Waals surface area contributed by atoms with Gasteiger partial charge in [0.15, 0.2) is 0 Å². The third-order valence-corrected chi connectivity index (χ3v) is 6.44. The van der Waals surface area contributed by atoms with Crippen molar-refractivity contribution in [3.63, 3.8) is 0 Å². The Labute approximate surface area is 162 Å². The minimum Gasteiger partial charge on any atom is -0.444 e. The van der Waals surface area contributed by atoms with Crippen molar-refractivity contribution in [3.8, 4) is 0 Å². The lowest BCUT2D eigenvalue weighted by Gasteiger charge is -2.53. The molecule has 1 aromatic carbocycles. The SMILES string of the molecule is CC1(C)CCCC(C)(C)N1O[C@@H]1CCC[C@H]2OC(=O)N(c3ccccc3)[C@H]21. The van der Waals surface area contributed by atoms with Crippen LogP contribution in [0.25, 0.3) is 0 Å². The van der Waals surface area contributed by atoms with Crippen LogP contribution in [0.1, 0.15) is 66.2 Å². The van der Waals surface area contributed by atoms with E-state index in [1.807, 2.05) is 35.2 Å². The van der Waals surface area contributed by atoms with E-state index in [1.54, 1.807) is 0 Å². The van der Waals surface area contributed by atoms with E-state index >= 15 is 0 Å². The molecule has 1 amide bonds. The second-order valence-electron chi connectivity index (χ2n) is 9.47. The van der Waals surface area contributed by atoms with Crippen molar-refractivity contribution >= 4 is 11.8 Å². The van der Waals surface area contributed by atoms with Gasteiger partial charge in [0, 0.05) is 16.8 Å². The highest BCUT2D eigenvalue weighted by molar-refractivity contribution is 5.90. The molecule has 1 aromatic rings. The largest absolute Gasteiger partial charge is 0.444 e. The predicted molar refractivity (Wildman–Crippen MR) is 106 cm³/mol. The van der Waals surface area contributed by atoms with E-state index in [0.29, 0.717) is 0 Å². The molecule has 1 aliphatic carbocycles. The van der Waals surface area contributed by atoms with E-state index in [0.717, 1.165) is 37.8 Å². The number of anilines is 1. The lowest BCUT2D eigenvalue weighted by molar-refractivity contribution is -0.311. The number of rotatable bonds is 3. The second kappa shape index (κ2) is 6.78. The quantitative estimate of drug-likeness (QED) is 0.756. The zero-order valence-corrected chi connectivity index (χ0v) is 17.0. The minimum absolute atomic E-state index is 0.0181. The van der Waals surface area contributed by atoms with Gasteiger partial charge in [0.25, 0.3) is 0 Å². The first kappa shape index (κ1) is 18.8. The Kier molecular flexibility index (Phi) is 4.71. The molecule has 3 atom stereocenters. The molecule has 27 heavy (non-hydrogen) atoms. The van der Waals surface area contributed by atoms with Gasteiger partial charge < -0.3 is 4.74 Å². The van der Waals surface area contributed by atoms with Crippen LogP contribution in [0.4, 0.5) is 10.5 Å². The standard InChI is InChI=1S/C22H32N2O3/c1-21(2)14-9-15-22(3,4)24(21)27-18-13-8-12-17-19(18)23(20(25)26-17)16-10-6-5-7-11-16/h5-7,10-11,17-19H,8-9,12-15H2,1-4H3/t17-,18-,19-/m1/s1. The van der Waals surface area contributed by atoms with Crippen LogP contribution in [0.15, 0.2) is 30.3 Å². The Morgan fingerprint density at radius 2 is 1.67 bits per heavy atom. The number of benzene rings is 1. The fourth-order valence-corrected chi connectivity index (χ4v) is 5.25. The van der Waals surface area contributed by atoms with Crippen LogP contribution in [0.3, 0.4) is 0 Å². The molecule has 0 N–H and O–H groups in total. The summed E-state index contributed by atoms with van der Waals surface area (Å²) < 4.78 is 5.74. The molecule has 2 aliphatic heterocycles. The monoisotopic (exact) mass is 372 g/mol. The smallest absolute Gasteiger partial charge is 0.415 e. The molecule has 0 unspecified atom stereocenters. The number of piperidine rings is 1. The Morgan fingerprint density at radius 1 is 1.00 bits per heavy atom. The Bertz CT molecular complexity index is 672. The van der Waals surface area contributed by atoms with Crippen LogP contribution < -0.4 is 4.90 Å². The van der Waals surface area contributed by atoms with E-state index in [-0.39, 0.29) is 35.4 Å². The van der Waals surface area contributed by atoms with Crippen molar-refractivity contribution in [2.75, 3.05) is 4.90 Å². The van der Waals surface area contributed by atoms with Gasteiger partial charge in [0.05, 0.1) is 0 Å². The summed E-state index contributed by atoms with van der Waals surface area (Å²) in [6.45, 7) is 9.05. The molecule has 1 saturated carbocycles. The Balaban J connectivity index is 1.63. The van der Waals surface area contributed by atoms with Gasteiger partial charge in [-0.25, -0.2) is 4.79 Å². The topological polar surface area (TPSA) is 42.0 Å². The van der Waals surface area contributed by atoms with Crippen molar-refractivity contribution in [1.82, 2.24) is 5.06 Å². The van der Waals surface area contributed by atoms with E-state index in [2.05, 4.69) is 32.8 Å². The van der Waals surface area contributed by atoms with Crippen LogP contribution >= 0.6 is 0 Å². The summed E-state index contributed by atoms with van der Waals surface area (Å²) in [6.07, 6.45) is 5.95. The molecule has 4 rings (SSSR count). The first-order valence-electron chi connectivity index (χ1n) is 10.3. The number of hydroxylamine groups is 2. The summed E-state index contributed by atoms with van der Waals surface area (Å²) in [6, 6.07) is 9.78. The summed E-state index contributed by atoms with van der Waals surface area (Å²) in [7, 11) is 0. The number of para-hydroxylation sites is 1. The van der Waals surface area contributed by atoms with Gasteiger partial charge in [-0.2, -0.15) is 5.06 Å². The maximum atomic E-state index is 12.7. The molecule has 2 heterocycles. The molecule has 5 nitrogen and oxygen atoms in total. The second-order valence-corrected chi connectivity index (χ2v) is 9.47. The summed E-state index contributed by atoms with van der Waals surface area (Å²) in [4.78, 5) is 21.2. The van der Waals surface area contributed by atoms with Crippen LogP contribution in [0.5, 0.6) is 0 Å². The van der Waals surface area contributed by atoms with Crippen LogP contribution in [-0.4, -0.2) is 40.5 Å². The van der Waals surface area contributed by atoms with Gasteiger partial charge in [0.1, 0.15) is 18.2 Å². The van der Waals surface area contributed by atoms with Crippen molar-refractivity contribution in [2.45, 2.75) is 95.5 Å². The predicted octanol–water partition coefficient (Wildman–Crippen LogP) is 4.91. The van der Waals surface area contributed by atoms with E-state index in [9.17, 15) is 4.79 Å². The highest BCUT2D eigenvalue weighted by atomic mass is 16.7. The van der Waals surface area contributed by atoms with Gasteiger partial charge in [-0.05, 0) is 78.4 Å². The van der Waals surface area contributed by atoms with Crippen molar-refractivity contribution < 1.29 is 14.4 Å². The summed E-state index contributed by atoms with van der Waals surface area (Å²) in [5, 5.41) is 2.22. The first-order valence-corrected chi connectivity index (χ1v) is 10.3. The molecule has 5 heteroatoms. The molecular weight excluding hydrogens is 340 g/mol. The number of amides is 1. The molecular formula is C22H32N2O3. The zero-order chi connectivity index (χ0) is 19.2. The average Bonchev–Trinajstić information content (AvgIpc) is 2.95. The molecule has 0 bridgehead atoms. The number of fused-ring (bicyclic) bond motifs is 1. The molecule has 3 fully saturated rings. The molecule has 148 valence electrons. The van der Waals surface area contributed by atoms with Crippen molar-refractivity contribution in [2.24, 2.45) is 0 Å². The maximum absolute atomic E-state index is 12.7. The minimum atomic E-state index is -0.246. The number of carbonyl (C=O) groups is 1. The number of carbonyl (C=O) groups excluding carboxylic acids is 1. The third-order valence-electron chi connectivity index (χ3n) is 6.44. The maximum Gasteiger partial charge on any atom is 0.415 e. The number of hydrogen-bond donors (Lipinski definition) is 0. The average molecular weight is 373 g/mol. The van der Waals surface area contributed by atoms with E-state index in [1.165, 1.54) is 6.42 Å². The van der Waals surface area contributed by atoms with Crippen LogP contribution in [0.2, 0.25) is 0 Å². The van der Waals surface area contributed by atoms with E-state index in [4.69, 9.17) is 9.57 Å². The van der Waals surface area contributed by atoms with E-state index < -0.39 is 0 Å². The Morgan fingerprint density at radius 3 is 2.33 bits per heavy atom. The molecule has 0 aromatic heterocycles. The van der Waals surface area contributed by atoms with Crippen molar-refractivity contribution in [1.29, 1.82) is 0 Å². The highest BCUT2D eigenvalue weighted by Gasteiger charge is 2.52. The molecule has 2 saturated heterocycles. The summed E-state index contributed by atoms with van der Waals surface area (Å²) >= 11 is 0.